The lowest BCUT2D eigenvalue weighted by atomic mass is 10.0. The van der Waals surface area contributed by atoms with Crippen molar-refractivity contribution in [2.45, 2.75) is 32.9 Å². The van der Waals surface area contributed by atoms with E-state index in [1.807, 2.05) is 18.2 Å². The zero-order chi connectivity index (χ0) is 14.5. The van der Waals surface area contributed by atoms with Gasteiger partial charge in [0.15, 0.2) is 5.17 Å². The molecule has 1 aliphatic heterocycles. The van der Waals surface area contributed by atoms with Gasteiger partial charge in [0.1, 0.15) is 5.75 Å². The number of ether oxygens (including phenoxy) is 1. The number of rotatable bonds is 4. The van der Waals surface area contributed by atoms with Gasteiger partial charge in [-0.25, -0.2) is 0 Å². The summed E-state index contributed by atoms with van der Waals surface area (Å²) >= 11 is 8.01. The zero-order valence-corrected chi connectivity index (χ0v) is 13.7. The number of nitrogens with zero attached hydrogens (tertiary/aromatic N) is 1. The maximum Gasteiger partial charge on any atom is 0.157 e. The predicted molar refractivity (Wildman–Crippen MR) is 88.0 cm³/mol. The Morgan fingerprint density at radius 2 is 2.30 bits per heavy atom. The van der Waals surface area contributed by atoms with Gasteiger partial charge < -0.3 is 10.1 Å². The molecule has 5 heteroatoms. The van der Waals surface area contributed by atoms with Crippen LogP contribution in [-0.4, -0.2) is 24.1 Å². The number of hydrogen-bond donors (Lipinski definition) is 1. The van der Waals surface area contributed by atoms with E-state index in [0.29, 0.717) is 23.5 Å². The highest BCUT2D eigenvalue weighted by Gasteiger charge is 2.20. The fourth-order valence-corrected chi connectivity index (χ4v) is 3.36. The summed E-state index contributed by atoms with van der Waals surface area (Å²) in [5.74, 6) is 2.54. The van der Waals surface area contributed by atoms with E-state index in [4.69, 9.17) is 16.3 Å². The molecule has 1 atom stereocenters. The van der Waals surface area contributed by atoms with E-state index in [0.717, 1.165) is 22.2 Å². The van der Waals surface area contributed by atoms with E-state index in [1.54, 1.807) is 18.9 Å². The SMILES string of the molecule is COc1cccc(Cl)c1CN=C1NC(C(C)C)CCS1. The third kappa shape index (κ3) is 3.83. The van der Waals surface area contributed by atoms with Crippen molar-refractivity contribution >= 4 is 28.5 Å². The quantitative estimate of drug-likeness (QED) is 0.913. The van der Waals surface area contributed by atoms with Crippen LogP contribution in [0, 0.1) is 5.92 Å². The molecule has 1 aliphatic rings. The number of halogens is 1. The number of amidine groups is 1. The summed E-state index contributed by atoms with van der Waals surface area (Å²) in [5.41, 5.74) is 0.943. The lowest BCUT2D eigenvalue weighted by Crippen LogP contribution is -2.41. The minimum absolute atomic E-state index is 0.517. The topological polar surface area (TPSA) is 33.6 Å². The van der Waals surface area contributed by atoms with Gasteiger partial charge in [0.05, 0.1) is 13.7 Å². The molecule has 1 N–H and O–H groups in total. The molecule has 3 nitrogen and oxygen atoms in total. The normalized spacial score (nSPS) is 21.1. The standard InChI is InChI=1S/C15H21ClN2OS/c1-10(2)13-7-8-20-15(18-13)17-9-11-12(16)5-4-6-14(11)19-3/h4-6,10,13H,7-9H2,1-3H3,(H,17,18). The minimum Gasteiger partial charge on any atom is -0.496 e. The highest BCUT2D eigenvalue weighted by molar-refractivity contribution is 8.13. The molecule has 1 aromatic carbocycles. The number of benzene rings is 1. The van der Waals surface area contributed by atoms with Crippen LogP contribution in [0.5, 0.6) is 5.75 Å². The van der Waals surface area contributed by atoms with Crippen LogP contribution in [0.25, 0.3) is 0 Å². The number of nitrogens with one attached hydrogen (secondary N) is 1. The first kappa shape index (κ1) is 15.5. The Bertz CT molecular complexity index is 491. The van der Waals surface area contributed by atoms with Gasteiger partial charge in [0.2, 0.25) is 0 Å². The maximum absolute atomic E-state index is 6.23. The first-order valence-electron chi connectivity index (χ1n) is 6.87. The fourth-order valence-electron chi connectivity index (χ4n) is 2.18. The zero-order valence-electron chi connectivity index (χ0n) is 12.1. The van der Waals surface area contributed by atoms with Gasteiger partial charge in [-0.1, -0.05) is 43.3 Å². The number of methoxy groups -OCH3 is 1. The second-order valence-electron chi connectivity index (χ2n) is 5.17. The maximum atomic E-state index is 6.23. The van der Waals surface area contributed by atoms with Crippen molar-refractivity contribution in [3.63, 3.8) is 0 Å². The number of aliphatic imine (C=N–C) groups is 1. The summed E-state index contributed by atoms with van der Waals surface area (Å²) in [7, 11) is 1.66. The molecule has 0 radical (unpaired) electrons. The molecular weight excluding hydrogens is 292 g/mol. The summed E-state index contributed by atoms with van der Waals surface area (Å²) < 4.78 is 5.34. The van der Waals surface area contributed by atoms with Gasteiger partial charge in [0.25, 0.3) is 0 Å². The van der Waals surface area contributed by atoms with Crippen molar-refractivity contribution in [2.75, 3.05) is 12.9 Å². The highest BCUT2D eigenvalue weighted by Crippen LogP contribution is 2.27. The Morgan fingerprint density at radius 1 is 1.50 bits per heavy atom. The van der Waals surface area contributed by atoms with Crippen LogP contribution in [0.2, 0.25) is 5.02 Å². The molecule has 1 unspecified atom stereocenters. The molecule has 110 valence electrons. The van der Waals surface area contributed by atoms with E-state index in [1.165, 1.54) is 6.42 Å². The molecule has 1 fully saturated rings. The summed E-state index contributed by atoms with van der Waals surface area (Å²) in [4.78, 5) is 4.66. The Morgan fingerprint density at radius 3 is 3.00 bits per heavy atom. The molecule has 0 spiro atoms. The van der Waals surface area contributed by atoms with Crippen molar-refractivity contribution in [3.8, 4) is 5.75 Å². The molecular formula is C15H21ClN2OS. The average Bonchev–Trinajstić information content (AvgIpc) is 2.46. The lowest BCUT2D eigenvalue weighted by molar-refractivity contribution is 0.410. The molecule has 20 heavy (non-hydrogen) atoms. The van der Waals surface area contributed by atoms with Crippen LogP contribution in [-0.2, 0) is 6.54 Å². The van der Waals surface area contributed by atoms with Crippen molar-refractivity contribution in [2.24, 2.45) is 10.9 Å². The van der Waals surface area contributed by atoms with Crippen LogP contribution in [0.1, 0.15) is 25.8 Å². The van der Waals surface area contributed by atoms with E-state index < -0.39 is 0 Å². The van der Waals surface area contributed by atoms with Gasteiger partial charge in [-0.05, 0) is 24.5 Å². The van der Waals surface area contributed by atoms with Gasteiger partial charge >= 0.3 is 0 Å². The highest BCUT2D eigenvalue weighted by atomic mass is 35.5. The molecule has 1 saturated heterocycles. The molecule has 0 aromatic heterocycles. The van der Waals surface area contributed by atoms with Crippen LogP contribution in [0.3, 0.4) is 0 Å². The Hall–Kier alpha value is -0.870. The van der Waals surface area contributed by atoms with Crippen LogP contribution in [0.4, 0.5) is 0 Å². The summed E-state index contributed by atoms with van der Waals surface area (Å²) in [6, 6.07) is 6.20. The van der Waals surface area contributed by atoms with E-state index in [2.05, 4.69) is 24.2 Å². The van der Waals surface area contributed by atoms with Gasteiger partial charge in [-0.2, -0.15) is 0 Å². The third-order valence-electron chi connectivity index (χ3n) is 3.46. The molecule has 0 aliphatic carbocycles. The molecule has 0 bridgehead atoms. The second-order valence-corrected chi connectivity index (χ2v) is 6.66. The first-order valence-corrected chi connectivity index (χ1v) is 8.23. The Balaban J connectivity index is 2.09. The van der Waals surface area contributed by atoms with E-state index in [-0.39, 0.29) is 0 Å². The van der Waals surface area contributed by atoms with Gasteiger partial charge in [0, 0.05) is 22.4 Å². The lowest BCUT2D eigenvalue weighted by Gasteiger charge is -2.28. The van der Waals surface area contributed by atoms with Gasteiger partial charge in [-0.3, -0.25) is 4.99 Å². The summed E-state index contributed by atoms with van der Waals surface area (Å²) in [6.07, 6.45) is 1.19. The first-order chi connectivity index (χ1) is 9.61. The Labute approximate surface area is 130 Å². The molecule has 1 aromatic rings. The summed E-state index contributed by atoms with van der Waals surface area (Å²) in [5, 5.41) is 5.22. The van der Waals surface area contributed by atoms with Crippen molar-refractivity contribution in [1.29, 1.82) is 0 Å². The molecule has 2 rings (SSSR count). The van der Waals surface area contributed by atoms with Crippen LogP contribution >= 0.6 is 23.4 Å². The minimum atomic E-state index is 0.517. The number of thioether (sulfide) groups is 1. The van der Waals surface area contributed by atoms with Gasteiger partial charge in [-0.15, -0.1) is 0 Å². The van der Waals surface area contributed by atoms with Crippen molar-refractivity contribution in [1.82, 2.24) is 5.32 Å². The van der Waals surface area contributed by atoms with Crippen LogP contribution in [0.15, 0.2) is 23.2 Å². The Kier molecular flexibility index (Phi) is 5.61. The monoisotopic (exact) mass is 312 g/mol. The fraction of sp³-hybridized carbons (Fsp3) is 0.533. The largest absolute Gasteiger partial charge is 0.496 e. The average molecular weight is 313 g/mol. The summed E-state index contributed by atoms with van der Waals surface area (Å²) in [6.45, 7) is 5.02. The smallest absolute Gasteiger partial charge is 0.157 e. The van der Waals surface area contributed by atoms with Crippen molar-refractivity contribution < 1.29 is 4.74 Å². The van der Waals surface area contributed by atoms with E-state index in [9.17, 15) is 0 Å². The number of hydrogen-bond acceptors (Lipinski definition) is 3. The van der Waals surface area contributed by atoms with Crippen LogP contribution < -0.4 is 10.1 Å². The van der Waals surface area contributed by atoms with E-state index >= 15 is 0 Å². The predicted octanol–water partition coefficient (Wildman–Crippen LogP) is 3.96. The molecule has 1 heterocycles. The van der Waals surface area contributed by atoms with Crippen molar-refractivity contribution in [3.05, 3.63) is 28.8 Å². The molecule has 0 amide bonds. The third-order valence-corrected chi connectivity index (χ3v) is 4.77. The second kappa shape index (κ2) is 7.23. The molecule has 0 saturated carbocycles.